The second-order valence-electron chi connectivity index (χ2n) is 5.80. The van der Waals surface area contributed by atoms with Crippen LogP contribution in [0.3, 0.4) is 0 Å². The first-order chi connectivity index (χ1) is 12.5. The first-order valence-corrected chi connectivity index (χ1v) is 8.20. The van der Waals surface area contributed by atoms with Gasteiger partial charge < -0.3 is 10.3 Å². The molecule has 0 radical (unpaired) electrons. The number of fused-ring (bicyclic) bond motifs is 1. The van der Waals surface area contributed by atoms with Gasteiger partial charge in [-0.25, -0.2) is 9.97 Å². The number of nitrogens with zero attached hydrogens (tertiary/aromatic N) is 3. The highest BCUT2D eigenvalue weighted by atomic mass is 35.5. The molecule has 4 aromatic rings. The van der Waals surface area contributed by atoms with Crippen LogP contribution in [0.25, 0.3) is 33.5 Å². The van der Waals surface area contributed by atoms with Gasteiger partial charge in [-0.3, -0.25) is 4.79 Å². The molecule has 0 aliphatic heterocycles. The third-order valence-electron chi connectivity index (χ3n) is 4.05. The summed E-state index contributed by atoms with van der Waals surface area (Å²) in [6, 6.07) is 12.9. The summed E-state index contributed by atoms with van der Waals surface area (Å²) >= 11 is 6.05. The molecule has 26 heavy (non-hydrogen) atoms. The summed E-state index contributed by atoms with van der Waals surface area (Å²) in [5, 5.41) is 5.45. The number of hydrogen-bond donors (Lipinski definition) is 1. The summed E-state index contributed by atoms with van der Waals surface area (Å²) in [5.41, 5.74) is 8.35. The first-order valence-electron chi connectivity index (χ1n) is 7.82. The lowest BCUT2D eigenvalue weighted by atomic mass is 10.0. The molecule has 0 aliphatic carbocycles. The van der Waals surface area contributed by atoms with E-state index in [1.807, 2.05) is 30.3 Å². The van der Waals surface area contributed by atoms with Gasteiger partial charge in [0.05, 0.1) is 5.52 Å². The first kappa shape index (κ1) is 16.2. The minimum absolute atomic E-state index is 0.272. The van der Waals surface area contributed by atoms with Gasteiger partial charge >= 0.3 is 0 Å². The van der Waals surface area contributed by atoms with Gasteiger partial charge in [0, 0.05) is 27.7 Å². The van der Waals surface area contributed by atoms with Crippen LogP contribution in [0.15, 0.2) is 53.2 Å². The van der Waals surface area contributed by atoms with Crippen molar-refractivity contribution < 1.29 is 9.32 Å². The second kappa shape index (κ2) is 6.24. The van der Waals surface area contributed by atoms with E-state index in [9.17, 15) is 4.79 Å². The number of aromatic nitrogens is 3. The summed E-state index contributed by atoms with van der Waals surface area (Å²) in [5.74, 6) is 0.361. The molecule has 7 heteroatoms. The lowest BCUT2D eigenvalue weighted by Crippen LogP contribution is -2.12. The minimum atomic E-state index is -0.582. The van der Waals surface area contributed by atoms with E-state index in [-0.39, 0.29) is 5.56 Å². The van der Waals surface area contributed by atoms with Crippen LogP contribution in [0, 0.1) is 6.92 Å². The van der Waals surface area contributed by atoms with Gasteiger partial charge in [0.15, 0.2) is 5.82 Å². The highest BCUT2D eigenvalue weighted by molar-refractivity contribution is 6.30. The molecule has 0 saturated carbocycles. The maximum absolute atomic E-state index is 11.7. The lowest BCUT2D eigenvalue weighted by Gasteiger charge is -2.05. The van der Waals surface area contributed by atoms with Crippen molar-refractivity contribution in [1.82, 2.24) is 15.1 Å². The summed E-state index contributed by atoms with van der Waals surface area (Å²) in [7, 11) is 0. The Kier molecular flexibility index (Phi) is 3.89. The van der Waals surface area contributed by atoms with E-state index in [4.69, 9.17) is 21.9 Å². The number of halogens is 1. The molecule has 0 atom stereocenters. The van der Waals surface area contributed by atoms with Crippen molar-refractivity contribution in [1.29, 1.82) is 0 Å². The smallest absolute Gasteiger partial charge is 0.254 e. The van der Waals surface area contributed by atoms with Gasteiger partial charge in [0.25, 0.3) is 5.91 Å². The summed E-state index contributed by atoms with van der Waals surface area (Å²) < 4.78 is 5.13. The molecule has 0 spiro atoms. The topological polar surface area (TPSA) is 94.9 Å². The molecule has 6 nitrogen and oxygen atoms in total. The number of carbonyl (C=O) groups excluding carboxylic acids is 1. The summed E-state index contributed by atoms with van der Waals surface area (Å²) in [6.07, 6.45) is 1.74. The Morgan fingerprint density at radius 2 is 2.00 bits per heavy atom. The quantitative estimate of drug-likeness (QED) is 0.592. The Labute approximate surface area is 153 Å². The predicted molar refractivity (Wildman–Crippen MR) is 98.7 cm³/mol. The predicted octanol–water partition coefficient (Wildman–Crippen LogP) is 4.01. The number of nitrogens with two attached hydrogens (primary N) is 1. The molecule has 0 saturated heterocycles. The Morgan fingerprint density at radius 3 is 2.77 bits per heavy atom. The number of primary amides is 1. The van der Waals surface area contributed by atoms with Crippen LogP contribution in [0.4, 0.5) is 0 Å². The average Bonchev–Trinajstić information content (AvgIpc) is 3.02. The number of amides is 1. The SMILES string of the molecule is Cc1onc(-c2ccc3cnc(-c4cccc(Cl)c4)nc3c2)c1C(N)=O. The molecule has 2 aromatic heterocycles. The average molecular weight is 365 g/mol. The molecule has 0 aliphatic rings. The maximum Gasteiger partial charge on any atom is 0.254 e. The molecule has 0 unspecified atom stereocenters. The molecule has 2 aromatic carbocycles. The normalized spacial score (nSPS) is 11.0. The molecule has 0 bridgehead atoms. The van der Waals surface area contributed by atoms with Gasteiger partial charge in [-0.15, -0.1) is 0 Å². The maximum atomic E-state index is 11.7. The van der Waals surface area contributed by atoms with E-state index in [0.29, 0.717) is 33.4 Å². The largest absolute Gasteiger partial charge is 0.365 e. The highest BCUT2D eigenvalue weighted by Gasteiger charge is 2.19. The Balaban J connectivity index is 1.86. The molecule has 4 rings (SSSR count). The van der Waals surface area contributed by atoms with Crippen molar-refractivity contribution in [3.8, 4) is 22.6 Å². The van der Waals surface area contributed by atoms with E-state index in [1.165, 1.54) is 0 Å². The van der Waals surface area contributed by atoms with Crippen LogP contribution in [0.5, 0.6) is 0 Å². The fourth-order valence-electron chi connectivity index (χ4n) is 2.80. The molecule has 0 fully saturated rings. The second-order valence-corrected chi connectivity index (χ2v) is 6.24. The van der Waals surface area contributed by atoms with E-state index in [1.54, 1.807) is 25.3 Å². The number of carbonyl (C=O) groups is 1. The van der Waals surface area contributed by atoms with Crippen LogP contribution < -0.4 is 5.73 Å². The van der Waals surface area contributed by atoms with E-state index in [0.717, 1.165) is 10.9 Å². The highest BCUT2D eigenvalue weighted by Crippen LogP contribution is 2.28. The van der Waals surface area contributed by atoms with Crippen molar-refractivity contribution in [3.63, 3.8) is 0 Å². The minimum Gasteiger partial charge on any atom is -0.365 e. The summed E-state index contributed by atoms with van der Waals surface area (Å²) in [4.78, 5) is 20.7. The van der Waals surface area contributed by atoms with Crippen LogP contribution >= 0.6 is 11.6 Å². The van der Waals surface area contributed by atoms with Crippen molar-refractivity contribution in [2.24, 2.45) is 5.73 Å². The third kappa shape index (κ3) is 2.80. The van der Waals surface area contributed by atoms with Gasteiger partial charge in [-0.1, -0.05) is 41.0 Å². The molecule has 2 N–H and O–H groups in total. The third-order valence-corrected chi connectivity index (χ3v) is 4.28. The molecule has 2 heterocycles. The van der Waals surface area contributed by atoms with Gasteiger partial charge in [0.2, 0.25) is 0 Å². The van der Waals surface area contributed by atoms with Gasteiger partial charge in [-0.05, 0) is 25.1 Å². The van der Waals surface area contributed by atoms with Crippen molar-refractivity contribution in [2.75, 3.05) is 0 Å². The Hall–Kier alpha value is -3.25. The van der Waals surface area contributed by atoms with Crippen LogP contribution in [-0.4, -0.2) is 21.0 Å². The monoisotopic (exact) mass is 364 g/mol. The number of hydrogen-bond acceptors (Lipinski definition) is 5. The zero-order valence-corrected chi connectivity index (χ0v) is 14.5. The number of aryl methyl sites for hydroxylation is 1. The molecule has 128 valence electrons. The van der Waals surface area contributed by atoms with Crippen LogP contribution in [-0.2, 0) is 0 Å². The van der Waals surface area contributed by atoms with Gasteiger partial charge in [0.1, 0.15) is 17.0 Å². The molecule has 1 amide bonds. The van der Waals surface area contributed by atoms with Crippen molar-refractivity contribution in [2.45, 2.75) is 6.92 Å². The zero-order valence-electron chi connectivity index (χ0n) is 13.7. The fraction of sp³-hybridized carbons (Fsp3) is 0.0526. The van der Waals surface area contributed by atoms with E-state index < -0.39 is 5.91 Å². The van der Waals surface area contributed by atoms with Gasteiger partial charge in [-0.2, -0.15) is 0 Å². The molecular weight excluding hydrogens is 352 g/mol. The number of rotatable bonds is 3. The Bertz CT molecular complexity index is 1150. The standard InChI is InChI=1S/C19H13ClN4O2/c1-10-16(18(21)25)17(24-26-10)11-5-6-13-9-22-19(23-15(13)8-11)12-3-2-4-14(20)7-12/h2-9H,1H3,(H2,21,25). The number of benzene rings is 2. The van der Waals surface area contributed by atoms with Crippen LogP contribution in [0.1, 0.15) is 16.1 Å². The van der Waals surface area contributed by atoms with Crippen molar-refractivity contribution in [3.05, 3.63) is 65.0 Å². The van der Waals surface area contributed by atoms with Crippen molar-refractivity contribution >= 4 is 28.4 Å². The zero-order chi connectivity index (χ0) is 18.3. The lowest BCUT2D eigenvalue weighted by molar-refractivity contribution is 0.0999. The van der Waals surface area contributed by atoms with E-state index >= 15 is 0 Å². The molecular formula is C19H13ClN4O2. The fourth-order valence-corrected chi connectivity index (χ4v) is 2.99. The van der Waals surface area contributed by atoms with E-state index in [2.05, 4.69) is 15.1 Å². The summed E-state index contributed by atoms with van der Waals surface area (Å²) in [6.45, 7) is 1.65. The Morgan fingerprint density at radius 1 is 1.15 bits per heavy atom. The van der Waals surface area contributed by atoms with Crippen LogP contribution in [0.2, 0.25) is 5.02 Å².